The minimum Gasteiger partial charge on any atom is -0.492 e. The molecule has 1 fully saturated rings. The standard InChI is InChI=1S/C18H27Cl2N3O3.HI/c1-21-18(22-7-2-9-25-15-6-11-24-13-15)23-8-3-10-26-17-5-4-14(19)12-16(17)20;/h4-5,12,15H,2-3,6-11,13H2,1H3,(H2,21,22,23);1H. The molecule has 6 nitrogen and oxygen atoms in total. The van der Waals surface area contributed by atoms with E-state index in [9.17, 15) is 0 Å². The van der Waals surface area contributed by atoms with Gasteiger partial charge in [0, 0.05) is 38.4 Å². The van der Waals surface area contributed by atoms with Crippen LogP contribution in [0.3, 0.4) is 0 Å². The lowest BCUT2D eigenvalue weighted by Gasteiger charge is -2.13. The molecule has 9 heteroatoms. The van der Waals surface area contributed by atoms with E-state index in [1.165, 1.54) is 0 Å². The van der Waals surface area contributed by atoms with Crippen LogP contribution in [0, 0.1) is 0 Å². The Labute approximate surface area is 188 Å². The monoisotopic (exact) mass is 531 g/mol. The minimum absolute atomic E-state index is 0. The maximum atomic E-state index is 6.07. The third-order valence-corrected chi connectivity index (χ3v) is 4.37. The van der Waals surface area contributed by atoms with Crippen molar-refractivity contribution in [3.8, 4) is 5.75 Å². The molecule has 1 heterocycles. The predicted octanol–water partition coefficient (Wildman–Crippen LogP) is 3.74. The summed E-state index contributed by atoms with van der Waals surface area (Å²) in [5, 5.41) is 7.65. The molecule has 1 aromatic carbocycles. The predicted molar refractivity (Wildman–Crippen MR) is 121 cm³/mol. The molecule has 0 aliphatic carbocycles. The number of aliphatic imine (C=N–C) groups is 1. The zero-order valence-electron chi connectivity index (χ0n) is 15.5. The number of ether oxygens (including phenoxy) is 3. The van der Waals surface area contributed by atoms with Gasteiger partial charge >= 0.3 is 0 Å². The number of nitrogens with one attached hydrogen (secondary N) is 2. The molecular weight excluding hydrogens is 504 g/mol. The normalized spacial score (nSPS) is 16.7. The number of hydrogen-bond donors (Lipinski definition) is 2. The van der Waals surface area contributed by atoms with Crippen LogP contribution in [-0.4, -0.2) is 58.6 Å². The molecule has 0 saturated carbocycles. The van der Waals surface area contributed by atoms with Gasteiger partial charge in [-0.1, -0.05) is 23.2 Å². The molecule has 1 unspecified atom stereocenters. The molecule has 0 spiro atoms. The van der Waals surface area contributed by atoms with Crippen molar-refractivity contribution in [2.24, 2.45) is 4.99 Å². The van der Waals surface area contributed by atoms with Gasteiger partial charge in [0.2, 0.25) is 0 Å². The Morgan fingerprint density at radius 1 is 1.22 bits per heavy atom. The van der Waals surface area contributed by atoms with Crippen molar-refractivity contribution >= 4 is 53.1 Å². The van der Waals surface area contributed by atoms with E-state index in [4.69, 9.17) is 37.4 Å². The summed E-state index contributed by atoms with van der Waals surface area (Å²) >= 11 is 11.9. The first-order valence-electron chi connectivity index (χ1n) is 8.90. The zero-order chi connectivity index (χ0) is 18.6. The van der Waals surface area contributed by atoms with Crippen LogP contribution in [0.15, 0.2) is 23.2 Å². The highest BCUT2D eigenvalue weighted by atomic mass is 127. The average Bonchev–Trinajstić information content (AvgIpc) is 3.14. The third-order valence-electron chi connectivity index (χ3n) is 3.84. The Balaban J connectivity index is 0.00000364. The highest BCUT2D eigenvalue weighted by Crippen LogP contribution is 2.27. The highest BCUT2D eigenvalue weighted by Gasteiger charge is 2.15. The van der Waals surface area contributed by atoms with Crippen molar-refractivity contribution in [3.05, 3.63) is 28.2 Å². The van der Waals surface area contributed by atoms with E-state index in [-0.39, 0.29) is 30.1 Å². The molecule has 2 N–H and O–H groups in total. The van der Waals surface area contributed by atoms with E-state index in [1.807, 2.05) is 0 Å². The smallest absolute Gasteiger partial charge is 0.190 e. The number of rotatable bonds is 10. The Morgan fingerprint density at radius 2 is 1.96 bits per heavy atom. The van der Waals surface area contributed by atoms with Crippen LogP contribution < -0.4 is 15.4 Å². The van der Waals surface area contributed by atoms with Crippen LogP contribution in [0.2, 0.25) is 10.0 Å². The van der Waals surface area contributed by atoms with Crippen LogP contribution >= 0.6 is 47.2 Å². The summed E-state index contributed by atoms with van der Waals surface area (Å²) in [6.45, 7) is 4.38. The molecule has 1 aliphatic heterocycles. The van der Waals surface area contributed by atoms with Crippen molar-refractivity contribution in [2.75, 3.05) is 46.6 Å². The van der Waals surface area contributed by atoms with E-state index in [2.05, 4.69) is 15.6 Å². The molecule has 0 bridgehead atoms. The lowest BCUT2D eigenvalue weighted by molar-refractivity contribution is 0.0420. The van der Waals surface area contributed by atoms with Crippen molar-refractivity contribution in [3.63, 3.8) is 0 Å². The lowest BCUT2D eigenvalue weighted by atomic mass is 10.3. The van der Waals surface area contributed by atoms with Crippen molar-refractivity contribution in [2.45, 2.75) is 25.4 Å². The second-order valence-electron chi connectivity index (χ2n) is 5.91. The first-order valence-corrected chi connectivity index (χ1v) is 9.66. The Hall–Kier alpha value is -0.480. The van der Waals surface area contributed by atoms with Gasteiger partial charge in [-0.05, 0) is 37.5 Å². The number of benzene rings is 1. The van der Waals surface area contributed by atoms with E-state index >= 15 is 0 Å². The Kier molecular flexibility index (Phi) is 13.2. The van der Waals surface area contributed by atoms with Gasteiger partial charge in [-0.3, -0.25) is 4.99 Å². The third kappa shape index (κ3) is 10.0. The van der Waals surface area contributed by atoms with Crippen molar-refractivity contribution < 1.29 is 14.2 Å². The van der Waals surface area contributed by atoms with Crippen LogP contribution in [0.4, 0.5) is 0 Å². The van der Waals surface area contributed by atoms with Gasteiger partial charge in [-0.2, -0.15) is 0 Å². The largest absolute Gasteiger partial charge is 0.492 e. The first-order chi connectivity index (χ1) is 12.7. The van der Waals surface area contributed by atoms with E-state index in [0.29, 0.717) is 22.4 Å². The quantitative estimate of drug-likeness (QED) is 0.208. The average molecular weight is 532 g/mol. The van der Waals surface area contributed by atoms with Gasteiger partial charge in [-0.15, -0.1) is 24.0 Å². The molecular formula is C18H28Cl2IN3O3. The summed E-state index contributed by atoms with van der Waals surface area (Å²) in [5.74, 6) is 1.42. The SMILES string of the molecule is CN=C(NCCCOc1ccc(Cl)cc1Cl)NCCCOC1CCOC1.I. The van der Waals surface area contributed by atoms with Gasteiger partial charge in [0.1, 0.15) is 5.75 Å². The lowest BCUT2D eigenvalue weighted by Crippen LogP contribution is -2.38. The van der Waals surface area contributed by atoms with Crippen LogP contribution in [-0.2, 0) is 9.47 Å². The highest BCUT2D eigenvalue weighted by molar-refractivity contribution is 14.0. The summed E-state index contributed by atoms with van der Waals surface area (Å²) in [7, 11) is 1.76. The second kappa shape index (κ2) is 14.5. The fraction of sp³-hybridized carbons (Fsp3) is 0.611. The maximum Gasteiger partial charge on any atom is 0.190 e. The molecule has 0 radical (unpaired) electrons. The molecule has 1 aliphatic rings. The number of guanidine groups is 1. The van der Waals surface area contributed by atoms with E-state index in [0.717, 1.165) is 58.1 Å². The van der Waals surface area contributed by atoms with Gasteiger partial charge in [0.05, 0.1) is 24.3 Å². The van der Waals surface area contributed by atoms with Gasteiger partial charge in [-0.25, -0.2) is 0 Å². The summed E-state index contributed by atoms with van der Waals surface area (Å²) in [5.41, 5.74) is 0. The fourth-order valence-corrected chi connectivity index (χ4v) is 2.91. The maximum absolute atomic E-state index is 6.07. The molecule has 0 amide bonds. The Bertz CT molecular complexity index is 573. The molecule has 2 rings (SSSR count). The molecule has 27 heavy (non-hydrogen) atoms. The second-order valence-corrected chi connectivity index (χ2v) is 6.76. The summed E-state index contributed by atoms with van der Waals surface area (Å²) in [4.78, 5) is 4.20. The van der Waals surface area contributed by atoms with Crippen molar-refractivity contribution in [1.29, 1.82) is 0 Å². The molecule has 0 aromatic heterocycles. The topological polar surface area (TPSA) is 64.1 Å². The number of halogens is 3. The molecule has 1 aromatic rings. The first kappa shape index (κ1) is 24.6. The molecule has 154 valence electrons. The van der Waals surface area contributed by atoms with Crippen LogP contribution in [0.5, 0.6) is 5.75 Å². The van der Waals surface area contributed by atoms with Gasteiger partial charge in [0.15, 0.2) is 5.96 Å². The zero-order valence-corrected chi connectivity index (χ0v) is 19.4. The van der Waals surface area contributed by atoms with Gasteiger partial charge < -0.3 is 24.8 Å². The summed E-state index contributed by atoms with van der Waals surface area (Å²) < 4.78 is 16.7. The summed E-state index contributed by atoms with van der Waals surface area (Å²) in [6, 6.07) is 5.21. The summed E-state index contributed by atoms with van der Waals surface area (Å²) in [6.07, 6.45) is 3.02. The van der Waals surface area contributed by atoms with E-state index < -0.39 is 0 Å². The van der Waals surface area contributed by atoms with Crippen LogP contribution in [0.1, 0.15) is 19.3 Å². The Morgan fingerprint density at radius 3 is 2.59 bits per heavy atom. The number of nitrogens with zero attached hydrogens (tertiary/aromatic N) is 1. The fourth-order valence-electron chi connectivity index (χ4n) is 2.45. The number of hydrogen-bond acceptors (Lipinski definition) is 4. The minimum atomic E-state index is 0. The van der Waals surface area contributed by atoms with E-state index in [1.54, 1.807) is 25.2 Å². The van der Waals surface area contributed by atoms with Crippen molar-refractivity contribution in [1.82, 2.24) is 10.6 Å². The van der Waals surface area contributed by atoms with Gasteiger partial charge in [0.25, 0.3) is 0 Å². The van der Waals surface area contributed by atoms with Crippen LogP contribution in [0.25, 0.3) is 0 Å². The molecule has 1 saturated heterocycles. The molecule has 1 atom stereocenters.